The summed E-state index contributed by atoms with van der Waals surface area (Å²) in [6.45, 7) is 4.76. The highest BCUT2D eigenvalue weighted by Gasteiger charge is 2.39. The van der Waals surface area contributed by atoms with E-state index >= 15 is 0 Å². The molecule has 2 unspecified atom stereocenters. The maximum absolute atomic E-state index is 13.0. The van der Waals surface area contributed by atoms with Crippen LogP contribution in [0.4, 0.5) is 5.69 Å². The predicted molar refractivity (Wildman–Crippen MR) is 123 cm³/mol. The first-order chi connectivity index (χ1) is 14.9. The average Bonchev–Trinajstić information content (AvgIpc) is 3.44. The van der Waals surface area contributed by atoms with Crippen molar-refractivity contribution in [2.45, 2.75) is 37.1 Å². The van der Waals surface area contributed by atoms with Gasteiger partial charge >= 0.3 is 0 Å². The molecular formula is C23H28ClN3O3S. The molecule has 0 spiro atoms. The van der Waals surface area contributed by atoms with Crippen molar-refractivity contribution in [2.24, 2.45) is 5.92 Å². The van der Waals surface area contributed by atoms with Crippen molar-refractivity contribution in [3.05, 3.63) is 59.1 Å². The summed E-state index contributed by atoms with van der Waals surface area (Å²) in [6.07, 6.45) is 2.22. The van der Waals surface area contributed by atoms with Gasteiger partial charge in [-0.1, -0.05) is 35.9 Å². The summed E-state index contributed by atoms with van der Waals surface area (Å²) in [4.78, 5) is 15.4. The second kappa shape index (κ2) is 9.18. The standard InChI is InChI=1S/C23H28ClN3O3S/c1-17-9-10-19(24)14-22(17)26-13-11-18(16-26)15-25-23(28)21-8-5-12-27(21)31(29,30)20-6-3-2-4-7-20/h2-4,6-7,9-10,14,18,21H,5,8,11-13,15-16H2,1H3,(H,25,28). The Hall–Kier alpha value is -2.09. The second-order valence-corrected chi connectivity index (χ2v) is 10.7. The molecule has 0 radical (unpaired) electrons. The van der Waals surface area contributed by atoms with E-state index in [9.17, 15) is 13.2 Å². The first kappa shape index (κ1) is 22.1. The minimum absolute atomic E-state index is 0.200. The lowest BCUT2D eigenvalue weighted by Gasteiger charge is -2.24. The van der Waals surface area contributed by atoms with E-state index in [1.807, 2.05) is 18.2 Å². The van der Waals surface area contributed by atoms with Gasteiger partial charge in [0, 0.05) is 36.9 Å². The molecule has 6 nitrogen and oxygen atoms in total. The molecule has 2 aromatic carbocycles. The van der Waals surface area contributed by atoms with Crippen LogP contribution in [-0.2, 0) is 14.8 Å². The average molecular weight is 462 g/mol. The molecule has 2 aliphatic heterocycles. The number of sulfonamides is 1. The van der Waals surface area contributed by atoms with Gasteiger partial charge in [-0.25, -0.2) is 8.42 Å². The molecule has 8 heteroatoms. The lowest BCUT2D eigenvalue weighted by atomic mass is 10.1. The van der Waals surface area contributed by atoms with Crippen LogP contribution in [0.15, 0.2) is 53.4 Å². The van der Waals surface area contributed by atoms with E-state index in [2.05, 4.69) is 17.1 Å². The van der Waals surface area contributed by atoms with E-state index in [0.29, 0.717) is 31.8 Å². The van der Waals surface area contributed by atoms with E-state index in [1.165, 1.54) is 9.87 Å². The molecule has 0 aromatic heterocycles. The highest BCUT2D eigenvalue weighted by atomic mass is 35.5. The zero-order chi connectivity index (χ0) is 22.0. The lowest BCUT2D eigenvalue weighted by Crippen LogP contribution is -2.47. The molecule has 1 N–H and O–H groups in total. The quantitative estimate of drug-likeness (QED) is 0.715. The van der Waals surface area contributed by atoms with E-state index in [-0.39, 0.29) is 10.8 Å². The molecule has 2 fully saturated rings. The van der Waals surface area contributed by atoms with Crippen molar-refractivity contribution < 1.29 is 13.2 Å². The highest BCUT2D eigenvalue weighted by molar-refractivity contribution is 7.89. The number of hydrogen-bond acceptors (Lipinski definition) is 4. The largest absolute Gasteiger partial charge is 0.371 e. The van der Waals surface area contributed by atoms with Gasteiger partial charge in [-0.15, -0.1) is 0 Å². The van der Waals surface area contributed by atoms with Gasteiger partial charge in [-0.3, -0.25) is 4.79 Å². The number of rotatable bonds is 6. The molecule has 1 amide bonds. The van der Waals surface area contributed by atoms with Gasteiger partial charge < -0.3 is 10.2 Å². The predicted octanol–water partition coefficient (Wildman–Crippen LogP) is 3.44. The highest BCUT2D eigenvalue weighted by Crippen LogP contribution is 2.30. The first-order valence-corrected chi connectivity index (χ1v) is 12.5. The Morgan fingerprint density at radius 1 is 1.13 bits per heavy atom. The molecule has 2 heterocycles. The summed E-state index contributed by atoms with van der Waals surface area (Å²) < 4.78 is 27.4. The Balaban J connectivity index is 1.36. The fourth-order valence-electron chi connectivity index (χ4n) is 4.52. The maximum atomic E-state index is 13.0. The Morgan fingerprint density at radius 3 is 2.68 bits per heavy atom. The van der Waals surface area contributed by atoms with Crippen LogP contribution in [0.3, 0.4) is 0 Å². The molecule has 4 rings (SSSR count). The zero-order valence-electron chi connectivity index (χ0n) is 17.6. The van der Waals surface area contributed by atoms with Crippen LogP contribution in [0.5, 0.6) is 0 Å². The monoisotopic (exact) mass is 461 g/mol. The normalized spacial score (nSPS) is 22.1. The minimum Gasteiger partial charge on any atom is -0.371 e. The van der Waals surface area contributed by atoms with Crippen molar-refractivity contribution >= 4 is 33.2 Å². The molecular weight excluding hydrogens is 434 g/mol. The Kier molecular flexibility index (Phi) is 6.55. The van der Waals surface area contributed by atoms with Crippen molar-refractivity contribution in [1.82, 2.24) is 9.62 Å². The van der Waals surface area contributed by atoms with Crippen LogP contribution in [0, 0.1) is 12.8 Å². The van der Waals surface area contributed by atoms with Crippen molar-refractivity contribution in [3.63, 3.8) is 0 Å². The maximum Gasteiger partial charge on any atom is 0.243 e. The molecule has 31 heavy (non-hydrogen) atoms. The summed E-state index contributed by atoms with van der Waals surface area (Å²) >= 11 is 6.16. The zero-order valence-corrected chi connectivity index (χ0v) is 19.2. The van der Waals surface area contributed by atoms with Crippen LogP contribution in [0.25, 0.3) is 0 Å². The Morgan fingerprint density at radius 2 is 1.90 bits per heavy atom. The molecule has 166 valence electrons. The number of halogens is 1. The number of carbonyl (C=O) groups is 1. The molecule has 0 aliphatic carbocycles. The number of nitrogens with zero attached hydrogens (tertiary/aromatic N) is 2. The van der Waals surface area contributed by atoms with Crippen molar-refractivity contribution in [3.8, 4) is 0 Å². The molecule has 0 bridgehead atoms. The van der Waals surface area contributed by atoms with Crippen LogP contribution >= 0.6 is 11.6 Å². The van der Waals surface area contributed by atoms with Crippen LogP contribution in [0.1, 0.15) is 24.8 Å². The number of carbonyl (C=O) groups excluding carboxylic acids is 1. The summed E-state index contributed by atoms with van der Waals surface area (Å²) in [5, 5.41) is 3.74. The molecule has 2 aliphatic rings. The number of hydrogen-bond donors (Lipinski definition) is 1. The first-order valence-electron chi connectivity index (χ1n) is 10.7. The van der Waals surface area contributed by atoms with E-state index in [1.54, 1.807) is 30.3 Å². The third-order valence-electron chi connectivity index (χ3n) is 6.22. The third-order valence-corrected chi connectivity index (χ3v) is 8.38. The number of nitrogens with one attached hydrogen (secondary N) is 1. The fourth-order valence-corrected chi connectivity index (χ4v) is 6.37. The topological polar surface area (TPSA) is 69.7 Å². The number of anilines is 1. The second-order valence-electron chi connectivity index (χ2n) is 8.36. The van der Waals surface area contributed by atoms with Gasteiger partial charge in [0.2, 0.25) is 15.9 Å². The molecule has 2 atom stereocenters. The van der Waals surface area contributed by atoms with Gasteiger partial charge in [-0.2, -0.15) is 4.31 Å². The van der Waals surface area contributed by atoms with Crippen LogP contribution in [0.2, 0.25) is 5.02 Å². The number of benzene rings is 2. The Labute approximate surface area is 189 Å². The smallest absolute Gasteiger partial charge is 0.243 e. The summed E-state index contributed by atoms with van der Waals surface area (Å²) in [7, 11) is -3.67. The van der Waals surface area contributed by atoms with Gasteiger partial charge in [0.25, 0.3) is 0 Å². The van der Waals surface area contributed by atoms with Crippen molar-refractivity contribution in [2.75, 3.05) is 31.1 Å². The van der Waals surface area contributed by atoms with Crippen LogP contribution in [-0.4, -0.2) is 50.9 Å². The van der Waals surface area contributed by atoms with Gasteiger partial charge in [0.05, 0.1) is 4.90 Å². The Bertz CT molecular complexity index is 1050. The minimum atomic E-state index is -3.67. The number of aryl methyl sites for hydroxylation is 1. The van der Waals surface area contributed by atoms with Gasteiger partial charge in [0.15, 0.2) is 0 Å². The molecule has 2 aromatic rings. The summed E-state index contributed by atoms with van der Waals surface area (Å²) in [5.74, 6) is 0.123. The van der Waals surface area contributed by atoms with E-state index in [4.69, 9.17) is 11.6 Å². The van der Waals surface area contributed by atoms with E-state index < -0.39 is 16.1 Å². The van der Waals surface area contributed by atoms with Gasteiger partial charge in [-0.05, 0) is 61.9 Å². The third kappa shape index (κ3) is 4.73. The molecule has 2 saturated heterocycles. The summed E-state index contributed by atoms with van der Waals surface area (Å²) in [5.41, 5.74) is 2.32. The van der Waals surface area contributed by atoms with E-state index in [0.717, 1.165) is 30.2 Å². The van der Waals surface area contributed by atoms with Crippen molar-refractivity contribution in [1.29, 1.82) is 0 Å². The molecule has 0 saturated carbocycles. The SMILES string of the molecule is Cc1ccc(Cl)cc1N1CCC(CNC(=O)C2CCCN2S(=O)(=O)c2ccccc2)C1. The lowest BCUT2D eigenvalue weighted by molar-refractivity contribution is -0.124. The van der Waals surface area contributed by atoms with Gasteiger partial charge in [0.1, 0.15) is 6.04 Å². The number of amides is 1. The van der Waals surface area contributed by atoms with Crippen LogP contribution < -0.4 is 10.2 Å². The fraction of sp³-hybridized carbons (Fsp3) is 0.435. The summed E-state index contributed by atoms with van der Waals surface area (Å²) in [6, 6.07) is 13.6.